The molecule has 0 heterocycles. The molecule has 0 bridgehead atoms. The van der Waals surface area contributed by atoms with Crippen LogP contribution in [0.2, 0.25) is 0 Å². The maximum atomic E-state index is 13.7. The molecule has 100 valence electrons. The molecule has 0 aromatic heterocycles. The van der Waals surface area contributed by atoms with Crippen molar-refractivity contribution in [2.24, 2.45) is 0 Å². The van der Waals surface area contributed by atoms with E-state index in [4.69, 9.17) is 4.74 Å². The molecule has 1 nitrogen and oxygen atoms in total. The van der Waals surface area contributed by atoms with Crippen LogP contribution in [-0.2, 0) is 0 Å². The molecule has 0 fully saturated rings. The van der Waals surface area contributed by atoms with E-state index in [2.05, 4.69) is 0 Å². The van der Waals surface area contributed by atoms with E-state index in [1.165, 1.54) is 12.1 Å². The lowest BCUT2D eigenvalue weighted by Crippen LogP contribution is -1.94. The van der Waals surface area contributed by atoms with Crippen molar-refractivity contribution in [3.05, 3.63) is 59.4 Å². The number of benzene rings is 2. The van der Waals surface area contributed by atoms with Crippen LogP contribution >= 0.6 is 0 Å². The van der Waals surface area contributed by atoms with Crippen LogP contribution < -0.4 is 4.74 Å². The molecule has 0 atom stereocenters. The maximum Gasteiger partial charge on any atom is 0.162 e. The standard InChI is InChI=1S/C15H13F3O/c1-9(2)12-5-3-10(7-14(12)17)19-11-4-6-13(16)15(18)8-11/h3-9H,1-2H3. The Kier molecular flexibility index (Phi) is 3.79. The van der Waals surface area contributed by atoms with E-state index in [0.29, 0.717) is 5.56 Å². The van der Waals surface area contributed by atoms with Gasteiger partial charge in [0, 0.05) is 12.1 Å². The van der Waals surface area contributed by atoms with Gasteiger partial charge in [0.05, 0.1) is 0 Å². The van der Waals surface area contributed by atoms with Gasteiger partial charge in [0.25, 0.3) is 0 Å². The molecule has 2 aromatic carbocycles. The lowest BCUT2D eigenvalue weighted by molar-refractivity contribution is 0.457. The normalized spacial score (nSPS) is 10.8. The van der Waals surface area contributed by atoms with Crippen molar-refractivity contribution in [2.75, 3.05) is 0 Å². The molecular weight excluding hydrogens is 253 g/mol. The van der Waals surface area contributed by atoms with Crippen molar-refractivity contribution in [1.82, 2.24) is 0 Å². The van der Waals surface area contributed by atoms with Gasteiger partial charge in [-0.15, -0.1) is 0 Å². The first-order valence-electron chi connectivity index (χ1n) is 5.89. The molecule has 2 rings (SSSR count). The average Bonchev–Trinajstić information content (AvgIpc) is 2.33. The summed E-state index contributed by atoms with van der Waals surface area (Å²) in [5.74, 6) is -1.90. The van der Waals surface area contributed by atoms with Crippen molar-refractivity contribution in [2.45, 2.75) is 19.8 Å². The second-order valence-corrected chi connectivity index (χ2v) is 4.52. The van der Waals surface area contributed by atoms with E-state index in [1.807, 2.05) is 13.8 Å². The fraction of sp³-hybridized carbons (Fsp3) is 0.200. The van der Waals surface area contributed by atoms with Crippen molar-refractivity contribution >= 4 is 0 Å². The van der Waals surface area contributed by atoms with Gasteiger partial charge in [-0.2, -0.15) is 0 Å². The van der Waals surface area contributed by atoms with E-state index in [1.54, 1.807) is 12.1 Å². The van der Waals surface area contributed by atoms with Crippen molar-refractivity contribution in [3.8, 4) is 11.5 Å². The minimum Gasteiger partial charge on any atom is -0.457 e. The van der Waals surface area contributed by atoms with Crippen LogP contribution in [0.15, 0.2) is 36.4 Å². The molecule has 0 aliphatic rings. The molecule has 2 aromatic rings. The molecule has 0 aliphatic heterocycles. The third kappa shape index (κ3) is 3.08. The molecular formula is C15H13F3O. The first-order chi connectivity index (χ1) is 8.97. The zero-order valence-corrected chi connectivity index (χ0v) is 10.6. The summed E-state index contributed by atoms with van der Waals surface area (Å²) in [6.45, 7) is 3.77. The highest BCUT2D eigenvalue weighted by Crippen LogP contribution is 2.27. The fourth-order valence-corrected chi connectivity index (χ4v) is 1.72. The Hall–Kier alpha value is -1.97. The van der Waals surface area contributed by atoms with Crippen LogP contribution in [-0.4, -0.2) is 0 Å². The third-order valence-corrected chi connectivity index (χ3v) is 2.72. The molecule has 0 N–H and O–H groups in total. The van der Waals surface area contributed by atoms with Gasteiger partial charge in [0.2, 0.25) is 0 Å². The first-order valence-corrected chi connectivity index (χ1v) is 5.89. The summed E-state index contributed by atoms with van der Waals surface area (Å²) in [6, 6.07) is 7.62. The monoisotopic (exact) mass is 266 g/mol. The number of hydrogen-bond donors (Lipinski definition) is 0. The Morgan fingerprint density at radius 2 is 1.37 bits per heavy atom. The number of ether oxygens (including phenoxy) is 1. The molecule has 0 saturated heterocycles. The van der Waals surface area contributed by atoms with Gasteiger partial charge in [-0.1, -0.05) is 19.9 Å². The summed E-state index contributed by atoms with van der Waals surface area (Å²) in [5, 5.41) is 0. The predicted molar refractivity (Wildman–Crippen MR) is 66.9 cm³/mol. The molecule has 0 spiro atoms. The van der Waals surface area contributed by atoms with Crippen LogP contribution in [0.25, 0.3) is 0 Å². The first kappa shape index (κ1) is 13.5. The van der Waals surface area contributed by atoms with Gasteiger partial charge in [-0.05, 0) is 29.7 Å². The lowest BCUT2D eigenvalue weighted by atomic mass is 10.0. The van der Waals surface area contributed by atoms with E-state index >= 15 is 0 Å². The van der Waals surface area contributed by atoms with Crippen LogP contribution in [0.5, 0.6) is 11.5 Å². The van der Waals surface area contributed by atoms with Gasteiger partial charge in [0.1, 0.15) is 17.3 Å². The van der Waals surface area contributed by atoms with Gasteiger partial charge in [-0.3, -0.25) is 0 Å². The molecule has 0 unspecified atom stereocenters. The summed E-state index contributed by atoms with van der Waals surface area (Å²) in [6.07, 6.45) is 0. The topological polar surface area (TPSA) is 9.23 Å². The van der Waals surface area contributed by atoms with Crippen LogP contribution in [0.3, 0.4) is 0 Å². The Balaban J connectivity index is 2.24. The molecule has 0 saturated carbocycles. The number of hydrogen-bond acceptors (Lipinski definition) is 1. The van der Waals surface area contributed by atoms with E-state index in [9.17, 15) is 13.2 Å². The minimum absolute atomic E-state index is 0.0670. The van der Waals surface area contributed by atoms with E-state index in [0.717, 1.165) is 12.1 Å². The van der Waals surface area contributed by atoms with Gasteiger partial charge in [0.15, 0.2) is 11.6 Å². The van der Waals surface area contributed by atoms with Crippen molar-refractivity contribution < 1.29 is 17.9 Å². The Morgan fingerprint density at radius 3 is 1.89 bits per heavy atom. The van der Waals surface area contributed by atoms with Gasteiger partial charge < -0.3 is 4.74 Å². The summed E-state index contributed by atoms with van der Waals surface area (Å²) in [4.78, 5) is 0. The SMILES string of the molecule is CC(C)c1ccc(Oc2ccc(F)c(F)c2)cc1F. The Morgan fingerprint density at radius 1 is 0.789 bits per heavy atom. The molecule has 0 amide bonds. The quantitative estimate of drug-likeness (QED) is 0.758. The van der Waals surface area contributed by atoms with Gasteiger partial charge >= 0.3 is 0 Å². The highest BCUT2D eigenvalue weighted by molar-refractivity contribution is 5.35. The lowest BCUT2D eigenvalue weighted by Gasteiger charge is -2.10. The summed E-state index contributed by atoms with van der Waals surface area (Å²) in [7, 11) is 0. The third-order valence-electron chi connectivity index (χ3n) is 2.72. The fourth-order valence-electron chi connectivity index (χ4n) is 1.72. The van der Waals surface area contributed by atoms with Crippen LogP contribution in [0, 0.1) is 17.5 Å². The average molecular weight is 266 g/mol. The van der Waals surface area contributed by atoms with Crippen molar-refractivity contribution in [1.29, 1.82) is 0 Å². The predicted octanol–water partition coefficient (Wildman–Crippen LogP) is 5.02. The van der Waals surface area contributed by atoms with Crippen LogP contribution in [0.4, 0.5) is 13.2 Å². The Labute approximate surface area is 109 Å². The molecule has 19 heavy (non-hydrogen) atoms. The second-order valence-electron chi connectivity index (χ2n) is 4.52. The van der Waals surface area contributed by atoms with E-state index < -0.39 is 11.6 Å². The largest absolute Gasteiger partial charge is 0.457 e. The highest BCUT2D eigenvalue weighted by atomic mass is 19.2. The van der Waals surface area contributed by atoms with Gasteiger partial charge in [-0.25, -0.2) is 13.2 Å². The summed E-state index contributed by atoms with van der Waals surface area (Å²) < 4.78 is 44.8. The zero-order chi connectivity index (χ0) is 14.0. The number of rotatable bonds is 3. The Bertz CT molecular complexity index is 594. The minimum atomic E-state index is -1.00. The molecule has 0 radical (unpaired) electrons. The van der Waals surface area contributed by atoms with Crippen LogP contribution in [0.1, 0.15) is 25.3 Å². The second kappa shape index (κ2) is 5.34. The highest BCUT2D eigenvalue weighted by Gasteiger charge is 2.09. The number of halogens is 3. The molecule has 4 heteroatoms. The smallest absolute Gasteiger partial charge is 0.162 e. The maximum absolute atomic E-state index is 13.7. The van der Waals surface area contributed by atoms with E-state index in [-0.39, 0.29) is 23.2 Å². The summed E-state index contributed by atoms with van der Waals surface area (Å²) >= 11 is 0. The zero-order valence-electron chi connectivity index (χ0n) is 10.6. The summed E-state index contributed by atoms with van der Waals surface area (Å²) in [5.41, 5.74) is 0.581. The van der Waals surface area contributed by atoms with Crippen molar-refractivity contribution in [3.63, 3.8) is 0 Å². The molecule has 0 aliphatic carbocycles.